The van der Waals surface area contributed by atoms with Gasteiger partial charge in [0.15, 0.2) is 0 Å². The minimum atomic E-state index is -0.0214. The summed E-state index contributed by atoms with van der Waals surface area (Å²) in [6.07, 6.45) is 0. The SMILES string of the molecule is O=C(c1ccc(CO)cc1)N1C[C@@H](CO)[C@@H](CN2CCOCC2)C1. The lowest BCUT2D eigenvalue weighted by atomic mass is 9.96. The van der Waals surface area contributed by atoms with Gasteiger partial charge < -0.3 is 19.8 Å². The number of rotatable bonds is 5. The third-order valence-corrected chi connectivity index (χ3v) is 5.08. The van der Waals surface area contributed by atoms with Crippen molar-refractivity contribution in [3.8, 4) is 0 Å². The van der Waals surface area contributed by atoms with E-state index in [0.717, 1.165) is 38.4 Å². The largest absolute Gasteiger partial charge is 0.396 e. The van der Waals surface area contributed by atoms with E-state index in [9.17, 15) is 9.90 Å². The van der Waals surface area contributed by atoms with Crippen LogP contribution < -0.4 is 0 Å². The Morgan fingerprint density at radius 2 is 1.75 bits per heavy atom. The number of morpholine rings is 1. The van der Waals surface area contributed by atoms with Crippen LogP contribution in [0.25, 0.3) is 0 Å². The molecule has 2 saturated heterocycles. The fourth-order valence-electron chi connectivity index (χ4n) is 3.57. The fourth-order valence-corrected chi connectivity index (χ4v) is 3.57. The van der Waals surface area contributed by atoms with Gasteiger partial charge in [-0.2, -0.15) is 0 Å². The molecule has 0 unspecified atom stereocenters. The minimum absolute atomic E-state index is 0.00224. The van der Waals surface area contributed by atoms with Crippen molar-refractivity contribution in [1.29, 1.82) is 0 Å². The van der Waals surface area contributed by atoms with E-state index in [-0.39, 0.29) is 25.0 Å². The van der Waals surface area contributed by atoms with Crippen molar-refractivity contribution in [1.82, 2.24) is 9.80 Å². The fraction of sp³-hybridized carbons (Fsp3) is 0.611. The monoisotopic (exact) mass is 334 g/mol. The number of hydrogen-bond acceptors (Lipinski definition) is 5. The van der Waals surface area contributed by atoms with Gasteiger partial charge in [-0.25, -0.2) is 0 Å². The van der Waals surface area contributed by atoms with Gasteiger partial charge in [-0.15, -0.1) is 0 Å². The van der Waals surface area contributed by atoms with Crippen LogP contribution in [0.15, 0.2) is 24.3 Å². The second kappa shape index (κ2) is 8.07. The Morgan fingerprint density at radius 1 is 1.08 bits per heavy atom. The second-order valence-electron chi connectivity index (χ2n) is 6.68. The first-order valence-electron chi connectivity index (χ1n) is 8.61. The number of carbonyl (C=O) groups excluding carboxylic acids is 1. The molecule has 6 nitrogen and oxygen atoms in total. The maximum Gasteiger partial charge on any atom is 0.253 e. The van der Waals surface area contributed by atoms with Crippen LogP contribution in [-0.2, 0) is 11.3 Å². The molecule has 1 aromatic rings. The third-order valence-electron chi connectivity index (χ3n) is 5.08. The number of nitrogens with zero attached hydrogens (tertiary/aromatic N) is 2. The molecule has 0 radical (unpaired) electrons. The molecule has 132 valence electrons. The highest BCUT2D eigenvalue weighted by Crippen LogP contribution is 2.26. The highest BCUT2D eigenvalue weighted by atomic mass is 16.5. The maximum atomic E-state index is 12.7. The van der Waals surface area contributed by atoms with E-state index in [1.807, 2.05) is 4.90 Å². The quantitative estimate of drug-likeness (QED) is 0.804. The summed E-state index contributed by atoms with van der Waals surface area (Å²) in [4.78, 5) is 16.9. The lowest BCUT2D eigenvalue weighted by Gasteiger charge is -2.30. The van der Waals surface area contributed by atoms with Crippen molar-refractivity contribution in [2.75, 3.05) is 52.5 Å². The summed E-state index contributed by atoms with van der Waals surface area (Å²) >= 11 is 0. The molecule has 0 saturated carbocycles. The van der Waals surface area contributed by atoms with Gasteiger partial charge in [0.2, 0.25) is 0 Å². The smallest absolute Gasteiger partial charge is 0.253 e. The number of aliphatic hydroxyl groups is 2. The van der Waals surface area contributed by atoms with Gasteiger partial charge in [0.25, 0.3) is 5.91 Å². The summed E-state index contributed by atoms with van der Waals surface area (Å²) in [5, 5.41) is 18.8. The van der Waals surface area contributed by atoms with Crippen molar-refractivity contribution >= 4 is 5.91 Å². The molecule has 2 aliphatic rings. The molecule has 2 atom stereocenters. The van der Waals surface area contributed by atoms with E-state index in [0.29, 0.717) is 24.6 Å². The van der Waals surface area contributed by atoms with Gasteiger partial charge in [0.05, 0.1) is 19.8 Å². The number of carbonyl (C=O) groups is 1. The van der Waals surface area contributed by atoms with Crippen molar-refractivity contribution in [3.63, 3.8) is 0 Å². The van der Waals surface area contributed by atoms with Crippen molar-refractivity contribution in [2.24, 2.45) is 11.8 Å². The van der Waals surface area contributed by atoms with Crippen molar-refractivity contribution in [3.05, 3.63) is 35.4 Å². The lowest BCUT2D eigenvalue weighted by Crippen LogP contribution is -2.41. The van der Waals surface area contributed by atoms with E-state index in [2.05, 4.69) is 4.90 Å². The molecule has 0 aliphatic carbocycles. The molecule has 2 heterocycles. The van der Waals surface area contributed by atoms with Crippen LogP contribution in [0.1, 0.15) is 15.9 Å². The standard InChI is InChI=1S/C18H26N2O4/c21-12-14-1-3-15(4-2-14)18(23)20-10-16(17(11-20)13-22)9-19-5-7-24-8-6-19/h1-4,16-17,21-22H,5-13H2/t16-,17-/m0/s1. The zero-order chi connectivity index (χ0) is 16.9. The zero-order valence-corrected chi connectivity index (χ0v) is 13.9. The topological polar surface area (TPSA) is 73.2 Å². The summed E-state index contributed by atoms with van der Waals surface area (Å²) < 4.78 is 5.38. The molecule has 6 heteroatoms. The van der Waals surface area contributed by atoms with Gasteiger partial charge in [-0.3, -0.25) is 9.69 Å². The first-order chi connectivity index (χ1) is 11.7. The predicted octanol–water partition coefficient (Wildman–Crippen LogP) is 0.192. The Bertz CT molecular complexity index is 542. The Morgan fingerprint density at radius 3 is 2.38 bits per heavy atom. The number of ether oxygens (including phenoxy) is 1. The van der Waals surface area contributed by atoms with Crippen LogP contribution in [0.4, 0.5) is 0 Å². The van der Waals surface area contributed by atoms with Crippen LogP contribution in [-0.4, -0.2) is 78.5 Å². The Labute approximate surface area is 142 Å². The van der Waals surface area contributed by atoms with Crippen LogP contribution in [0, 0.1) is 11.8 Å². The molecule has 2 aliphatic heterocycles. The van der Waals surface area contributed by atoms with Gasteiger partial charge in [0.1, 0.15) is 0 Å². The predicted molar refractivity (Wildman–Crippen MR) is 89.6 cm³/mol. The Kier molecular flexibility index (Phi) is 5.84. The summed E-state index contributed by atoms with van der Waals surface area (Å²) in [5.41, 5.74) is 1.43. The van der Waals surface area contributed by atoms with Crippen molar-refractivity contribution < 1.29 is 19.7 Å². The highest BCUT2D eigenvalue weighted by Gasteiger charge is 2.36. The summed E-state index contributed by atoms with van der Waals surface area (Å²) in [6.45, 7) is 5.65. The Balaban J connectivity index is 1.62. The van der Waals surface area contributed by atoms with Crippen LogP contribution in [0.2, 0.25) is 0 Å². The minimum Gasteiger partial charge on any atom is -0.396 e. The molecule has 3 rings (SSSR count). The average molecular weight is 334 g/mol. The normalized spacial score (nSPS) is 25.2. The number of aliphatic hydroxyl groups excluding tert-OH is 2. The van der Waals surface area contributed by atoms with E-state index in [1.165, 1.54) is 0 Å². The first-order valence-corrected chi connectivity index (χ1v) is 8.61. The van der Waals surface area contributed by atoms with Gasteiger partial charge in [0, 0.05) is 50.8 Å². The van der Waals surface area contributed by atoms with Gasteiger partial charge in [-0.05, 0) is 23.6 Å². The average Bonchev–Trinajstić information content (AvgIpc) is 3.05. The summed E-state index contributed by atoms with van der Waals surface area (Å²) in [6, 6.07) is 7.07. The van der Waals surface area contributed by atoms with Gasteiger partial charge in [-0.1, -0.05) is 12.1 Å². The maximum absolute atomic E-state index is 12.7. The molecule has 2 fully saturated rings. The molecule has 0 bridgehead atoms. The van der Waals surface area contributed by atoms with E-state index in [4.69, 9.17) is 9.84 Å². The lowest BCUT2D eigenvalue weighted by molar-refractivity contribution is 0.0264. The van der Waals surface area contributed by atoms with Crippen molar-refractivity contribution in [2.45, 2.75) is 6.61 Å². The van der Waals surface area contributed by atoms with Gasteiger partial charge >= 0.3 is 0 Å². The molecule has 2 N–H and O–H groups in total. The Hall–Kier alpha value is -1.47. The highest BCUT2D eigenvalue weighted by molar-refractivity contribution is 5.94. The number of likely N-dealkylation sites (tertiary alicyclic amines) is 1. The molecule has 0 aromatic heterocycles. The molecular formula is C18H26N2O4. The number of amides is 1. The molecule has 0 spiro atoms. The zero-order valence-electron chi connectivity index (χ0n) is 13.9. The van der Waals surface area contributed by atoms with Crippen LogP contribution in [0.5, 0.6) is 0 Å². The second-order valence-corrected chi connectivity index (χ2v) is 6.68. The summed E-state index contributed by atoms with van der Waals surface area (Å²) in [7, 11) is 0. The van der Waals surface area contributed by atoms with Crippen LogP contribution >= 0.6 is 0 Å². The summed E-state index contributed by atoms with van der Waals surface area (Å²) in [5.74, 6) is 0.435. The molecule has 24 heavy (non-hydrogen) atoms. The van der Waals surface area contributed by atoms with E-state index in [1.54, 1.807) is 24.3 Å². The molecule has 1 aromatic carbocycles. The number of benzene rings is 1. The first kappa shape index (κ1) is 17.4. The van der Waals surface area contributed by atoms with E-state index >= 15 is 0 Å². The molecule has 1 amide bonds. The van der Waals surface area contributed by atoms with E-state index < -0.39 is 0 Å². The third kappa shape index (κ3) is 3.95. The number of hydrogen-bond donors (Lipinski definition) is 2. The van der Waals surface area contributed by atoms with Crippen LogP contribution in [0.3, 0.4) is 0 Å². The molecular weight excluding hydrogens is 308 g/mol.